The first-order valence-corrected chi connectivity index (χ1v) is 17.0. The zero-order valence-electron chi connectivity index (χ0n) is 31.4. The summed E-state index contributed by atoms with van der Waals surface area (Å²) in [4.78, 5) is 59.6. The number of amides is 1. The second kappa shape index (κ2) is 32.0. The van der Waals surface area contributed by atoms with Crippen LogP contribution in [0.3, 0.4) is 0 Å². The van der Waals surface area contributed by atoms with Gasteiger partial charge in [0.05, 0.1) is 39.6 Å². The van der Waals surface area contributed by atoms with Gasteiger partial charge in [0.15, 0.2) is 5.78 Å². The summed E-state index contributed by atoms with van der Waals surface area (Å²) >= 11 is 0. The second-order valence-corrected chi connectivity index (χ2v) is 10.1. The van der Waals surface area contributed by atoms with Crippen LogP contribution in [0, 0.1) is 6.92 Å². The molecule has 0 fully saturated rings. The predicted molar refractivity (Wildman–Crippen MR) is 193 cm³/mol. The quantitative estimate of drug-likeness (QED) is 0.0879. The molecule has 1 amide bonds. The van der Waals surface area contributed by atoms with Gasteiger partial charge in [-0.05, 0) is 32.4 Å². The fourth-order valence-electron chi connectivity index (χ4n) is 3.49. The van der Waals surface area contributed by atoms with Crippen molar-refractivity contribution in [3.05, 3.63) is 53.9 Å². The first-order valence-electron chi connectivity index (χ1n) is 17.0. The van der Waals surface area contributed by atoms with E-state index >= 15 is 0 Å². The summed E-state index contributed by atoms with van der Waals surface area (Å²) in [5.41, 5.74) is 2.94. The number of nitrogens with zero attached hydrogens (tertiary/aromatic N) is 1. The topological polar surface area (TPSA) is 138 Å². The van der Waals surface area contributed by atoms with Crippen molar-refractivity contribution in [2.45, 2.75) is 107 Å². The lowest BCUT2D eigenvalue weighted by atomic mass is 10.0. The molecule has 48 heavy (non-hydrogen) atoms. The van der Waals surface area contributed by atoms with Gasteiger partial charge in [0.2, 0.25) is 6.41 Å². The number of pyridine rings is 1. The first-order chi connectivity index (χ1) is 23.0. The predicted octanol–water partition coefficient (Wildman–Crippen LogP) is 7.19. The van der Waals surface area contributed by atoms with Gasteiger partial charge >= 0.3 is 0 Å². The molecule has 0 saturated heterocycles. The maximum Gasteiger partial charge on any atom is 0.207 e. The molecule has 0 unspecified atom stereocenters. The summed E-state index contributed by atoms with van der Waals surface area (Å²) < 4.78 is 16.6. The molecule has 1 N–H and O–H groups in total. The zero-order chi connectivity index (χ0) is 37.4. The summed E-state index contributed by atoms with van der Waals surface area (Å²) in [5, 5.41) is 2.66. The molecule has 0 bridgehead atoms. The van der Waals surface area contributed by atoms with Crippen LogP contribution in [0.1, 0.15) is 111 Å². The van der Waals surface area contributed by atoms with Crippen molar-refractivity contribution in [2.24, 2.45) is 0 Å². The summed E-state index contributed by atoms with van der Waals surface area (Å²) in [6.45, 7) is 21.2. The largest absolute Gasteiger partial charge is 0.378 e. The van der Waals surface area contributed by atoms with Crippen molar-refractivity contribution >= 4 is 29.5 Å². The van der Waals surface area contributed by atoms with Crippen LogP contribution in [-0.4, -0.2) is 79.7 Å². The van der Waals surface area contributed by atoms with Gasteiger partial charge in [0, 0.05) is 44.4 Å². The molecule has 0 aliphatic heterocycles. The maximum atomic E-state index is 11.3. The Morgan fingerprint density at radius 2 is 1.15 bits per heavy atom. The highest BCUT2D eigenvalue weighted by atomic mass is 16.5. The number of Topliss-reactive ketones (excluding diaryl/α,β-unsaturated/α-hetero) is 4. The Hall–Kier alpha value is -3.60. The molecule has 10 heteroatoms. The van der Waals surface area contributed by atoms with Crippen molar-refractivity contribution in [1.82, 2.24) is 10.3 Å². The van der Waals surface area contributed by atoms with Crippen molar-refractivity contribution in [3.63, 3.8) is 0 Å². The number of aromatic nitrogens is 1. The number of carbonyl (C=O) groups excluding carboxylic acids is 5. The van der Waals surface area contributed by atoms with E-state index in [0.29, 0.717) is 24.9 Å². The standard InChI is InChI=1S/C18H31NO7.C14H13NO.3C2H6/c1-4-17(23)7-10-26-13-18(19-14-20,11-24-8-5-15(2)21)12-25-9-6-16(3)22;1-10-3-5-12(6-4-10)13-7-8-14(11(2)16)15-9-13;3*1-2/h14H,4-13H2,1-3H3,(H,19,20);3-9H,1-2H3;3*1-2H3. The van der Waals surface area contributed by atoms with E-state index in [1.165, 1.54) is 26.3 Å². The van der Waals surface area contributed by atoms with Gasteiger partial charge < -0.3 is 19.5 Å². The number of hydrogen-bond acceptors (Lipinski definition) is 9. The van der Waals surface area contributed by atoms with Crippen molar-refractivity contribution in [3.8, 4) is 11.1 Å². The number of hydrogen-bond donors (Lipinski definition) is 1. The van der Waals surface area contributed by atoms with Crippen LogP contribution < -0.4 is 5.32 Å². The number of ether oxygens (including phenoxy) is 3. The van der Waals surface area contributed by atoms with Crippen LogP contribution in [0.25, 0.3) is 11.1 Å². The normalized spacial score (nSPS) is 9.81. The van der Waals surface area contributed by atoms with E-state index in [1.54, 1.807) is 19.2 Å². The minimum absolute atomic E-state index is 0.00421. The molecular formula is C38H62N2O8. The average molecular weight is 675 g/mol. The number of aryl methyl sites for hydroxylation is 1. The van der Waals surface area contributed by atoms with Crippen molar-refractivity contribution in [2.75, 3.05) is 39.6 Å². The van der Waals surface area contributed by atoms with Crippen LogP contribution in [0.2, 0.25) is 0 Å². The zero-order valence-corrected chi connectivity index (χ0v) is 31.4. The third kappa shape index (κ3) is 24.6. The van der Waals surface area contributed by atoms with E-state index in [2.05, 4.69) is 41.5 Å². The second-order valence-electron chi connectivity index (χ2n) is 10.1. The van der Waals surface area contributed by atoms with Crippen molar-refractivity contribution < 1.29 is 38.2 Å². The van der Waals surface area contributed by atoms with E-state index in [9.17, 15) is 24.0 Å². The molecule has 2 aromatic rings. The highest BCUT2D eigenvalue weighted by Gasteiger charge is 2.31. The molecule has 0 atom stereocenters. The van der Waals surface area contributed by atoms with Crippen LogP contribution >= 0.6 is 0 Å². The molecule has 1 aromatic heterocycles. The molecule has 1 heterocycles. The van der Waals surface area contributed by atoms with Crippen molar-refractivity contribution in [1.29, 1.82) is 0 Å². The summed E-state index contributed by atoms with van der Waals surface area (Å²) in [5.74, 6) is 0.0989. The lowest BCUT2D eigenvalue weighted by molar-refractivity contribution is -0.122. The molecule has 10 nitrogen and oxygen atoms in total. The Bertz CT molecular complexity index is 1110. The van der Waals surface area contributed by atoms with Crippen LogP contribution in [0.5, 0.6) is 0 Å². The highest BCUT2D eigenvalue weighted by molar-refractivity contribution is 5.92. The third-order valence-corrected chi connectivity index (χ3v) is 6.13. The lowest BCUT2D eigenvalue weighted by Crippen LogP contribution is -2.56. The molecule has 0 saturated carbocycles. The molecular weight excluding hydrogens is 612 g/mol. The molecule has 0 spiro atoms. The molecule has 272 valence electrons. The average Bonchev–Trinajstić information content (AvgIpc) is 3.10. The number of rotatable bonds is 20. The minimum Gasteiger partial charge on any atom is -0.378 e. The SMILES string of the molecule is CC.CC.CC.CC(=O)c1ccc(-c2ccc(C)cc2)cn1.CCC(=O)CCOCC(COCCC(C)=O)(COCCC(C)=O)NC=O. The number of benzene rings is 1. The third-order valence-electron chi connectivity index (χ3n) is 6.13. The minimum atomic E-state index is -0.954. The highest BCUT2D eigenvalue weighted by Crippen LogP contribution is 2.19. The maximum absolute atomic E-state index is 11.3. The Morgan fingerprint density at radius 3 is 1.50 bits per heavy atom. The smallest absolute Gasteiger partial charge is 0.207 e. The molecule has 2 rings (SSSR count). The van der Waals surface area contributed by atoms with E-state index in [1.807, 2.05) is 47.6 Å². The fourth-order valence-corrected chi connectivity index (χ4v) is 3.49. The van der Waals surface area contributed by atoms with Gasteiger partial charge in [-0.3, -0.25) is 29.0 Å². The fraction of sp³-hybridized carbons (Fsp3) is 0.579. The Labute approximate surface area is 289 Å². The number of ketones is 4. The van der Waals surface area contributed by atoms with E-state index < -0.39 is 5.54 Å². The molecule has 1 aromatic carbocycles. The van der Waals surface area contributed by atoms with Crippen LogP contribution in [0.4, 0.5) is 0 Å². The van der Waals surface area contributed by atoms with E-state index in [-0.39, 0.29) is 75.6 Å². The number of nitrogens with one attached hydrogen (secondary N) is 1. The van der Waals surface area contributed by atoms with Gasteiger partial charge in [0.25, 0.3) is 0 Å². The Kier molecular flexibility index (Phi) is 32.5. The Balaban J connectivity index is -0.000000780. The van der Waals surface area contributed by atoms with Gasteiger partial charge in [0.1, 0.15) is 28.6 Å². The summed E-state index contributed by atoms with van der Waals surface area (Å²) in [6.07, 6.45) is 3.56. The van der Waals surface area contributed by atoms with E-state index in [0.717, 1.165) is 11.1 Å². The molecule has 0 radical (unpaired) electrons. The monoisotopic (exact) mass is 674 g/mol. The Morgan fingerprint density at radius 1 is 0.708 bits per heavy atom. The van der Waals surface area contributed by atoms with Gasteiger partial charge in [-0.15, -0.1) is 0 Å². The van der Waals surface area contributed by atoms with Crippen LogP contribution in [-0.2, 0) is 33.4 Å². The van der Waals surface area contributed by atoms with Gasteiger partial charge in [-0.25, -0.2) is 0 Å². The number of carbonyl (C=O) groups is 5. The summed E-state index contributed by atoms with van der Waals surface area (Å²) in [7, 11) is 0. The molecule has 0 aliphatic carbocycles. The summed E-state index contributed by atoms with van der Waals surface area (Å²) in [6, 6.07) is 11.9. The van der Waals surface area contributed by atoms with E-state index in [4.69, 9.17) is 14.2 Å². The first kappa shape index (κ1) is 48.8. The van der Waals surface area contributed by atoms with Gasteiger partial charge in [-0.2, -0.15) is 0 Å². The molecule has 0 aliphatic rings. The van der Waals surface area contributed by atoms with Gasteiger partial charge in [-0.1, -0.05) is 84.4 Å². The van der Waals surface area contributed by atoms with Crippen LogP contribution in [0.15, 0.2) is 42.6 Å². The lowest BCUT2D eigenvalue weighted by Gasteiger charge is -2.32.